The zero-order valence-corrected chi connectivity index (χ0v) is 15.8. The SMILES string of the molecule is C=C/C(=C\C(=C/C)C/C=N/N(/C=C\C=O)C/C=N\N(CC)CC)NC=O. The van der Waals surface area contributed by atoms with E-state index in [1.54, 1.807) is 29.7 Å². The Kier molecular flexibility index (Phi) is 13.8. The number of rotatable bonds is 14. The molecule has 0 radical (unpaired) electrons. The summed E-state index contributed by atoms with van der Waals surface area (Å²) in [6, 6.07) is 0. The summed E-state index contributed by atoms with van der Waals surface area (Å²) in [4.78, 5) is 21.1. The summed E-state index contributed by atoms with van der Waals surface area (Å²) in [6.45, 7) is 11.7. The molecule has 0 bridgehead atoms. The molecular weight excluding hydrogens is 330 g/mol. The number of hydrogen-bond donors (Lipinski definition) is 1. The number of nitrogens with zero attached hydrogens (tertiary/aromatic N) is 4. The van der Waals surface area contributed by atoms with Gasteiger partial charge in [-0.2, -0.15) is 10.2 Å². The van der Waals surface area contributed by atoms with Crippen LogP contribution in [-0.2, 0) is 9.59 Å². The normalized spacial score (nSPS) is 12.7. The minimum absolute atomic E-state index is 0.447. The van der Waals surface area contributed by atoms with Gasteiger partial charge in [-0.05, 0) is 44.6 Å². The van der Waals surface area contributed by atoms with Gasteiger partial charge in [0.15, 0.2) is 0 Å². The standard InChI is InChI=1S/C19H29N5O2/c1-5-18(16-19(6-2)20-17-26)10-11-21-24(13-9-15-25)14-12-22-23(7-3)8-4/h5-6,9,11-13,15-17H,2,7-8,10,14H2,1,3-4H3,(H,20,26)/b13-9-,18-5-,19-16+,21-11+,22-12-. The van der Waals surface area contributed by atoms with Crippen molar-refractivity contribution in [1.29, 1.82) is 0 Å². The van der Waals surface area contributed by atoms with Gasteiger partial charge in [0.25, 0.3) is 0 Å². The summed E-state index contributed by atoms with van der Waals surface area (Å²) in [5.41, 5.74) is 1.58. The number of amides is 1. The van der Waals surface area contributed by atoms with Crippen LogP contribution in [0.3, 0.4) is 0 Å². The first-order valence-electron chi connectivity index (χ1n) is 8.52. The first-order valence-corrected chi connectivity index (χ1v) is 8.52. The highest BCUT2D eigenvalue weighted by molar-refractivity contribution is 5.66. The monoisotopic (exact) mass is 359 g/mol. The van der Waals surface area contributed by atoms with Crippen LogP contribution in [0.4, 0.5) is 0 Å². The van der Waals surface area contributed by atoms with E-state index >= 15 is 0 Å². The maximum absolute atomic E-state index is 10.6. The Morgan fingerprint density at radius 2 is 1.88 bits per heavy atom. The van der Waals surface area contributed by atoms with E-state index in [9.17, 15) is 9.59 Å². The number of aldehydes is 1. The third-order valence-electron chi connectivity index (χ3n) is 3.29. The molecule has 0 aliphatic heterocycles. The van der Waals surface area contributed by atoms with E-state index in [0.29, 0.717) is 31.4 Å². The van der Waals surface area contributed by atoms with Gasteiger partial charge in [-0.3, -0.25) is 19.6 Å². The first kappa shape index (κ1) is 23.0. The molecule has 0 atom stereocenters. The summed E-state index contributed by atoms with van der Waals surface area (Å²) in [7, 11) is 0. The van der Waals surface area contributed by atoms with Crippen LogP contribution in [-0.4, -0.2) is 54.8 Å². The van der Waals surface area contributed by atoms with Crippen molar-refractivity contribution in [3.8, 4) is 0 Å². The van der Waals surface area contributed by atoms with E-state index in [-0.39, 0.29) is 0 Å². The van der Waals surface area contributed by atoms with E-state index < -0.39 is 0 Å². The van der Waals surface area contributed by atoms with Crippen LogP contribution in [0.25, 0.3) is 0 Å². The number of nitrogens with one attached hydrogen (secondary N) is 1. The Labute approximate surface area is 156 Å². The molecule has 0 saturated carbocycles. The molecule has 0 aliphatic carbocycles. The molecule has 0 aromatic heterocycles. The molecule has 0 spiro atoms. The third-order valence-corrected chi connectivity index (χ3v) is 3.29. The number of hydrogen-bond acceptors (Lipinski definition) is 6. The fraction of sp³-hybridized carbons (Fsp3) is 0.368. The number of allylic oxidation sites excluding steroid dienone is 5. The molecule has 0 fully saturated rings. The van der Waals surface area contributed by atoms with Crippen LogP contribution in [0.2, 0.25) is 0 Å². The molecule has 26 heavy (non-hydrogen) atoms. The predicted octanol–water partition coefficient (Wildman–Crippen LogP) is 2.47. The lowest BCUT2D eigenvalue weighted by molar-refractivity contribution is -0.109. The fourth-order valence-corrected chi connectivity index (χ4v) is 1.84. The van der Waals surface area contributed by atoms with Crippen LogP contribution >= 0.6 is 0 Å². The average molecular weight is 359 g/mol. The molecule has 7 heteroatoms. The minimum atomic E-state index is 0.447. The van der Waals surface area contributed by atoms with E-state index in [1.807, 2.05) is 37.9 Å². The van der Waals surface area contributed by atoms with Gasteiger partial charge in [-0.15, -0.1) is 0 Å². The van der Waals surface area contributed by atoms with E-state index in [2.05, 4.69) is 22.1 Å². The van der Waals surface area contributed by atoms with E-state index in [0.717, 1.165) is 18.7 Å². The van der Waals surface area contributed by atoms with Crippen molar-refractivity contribution in [3.63, 3.8) is 0 Å². The minimum Gasteiger partial charge on any atom is -0.329 e. The Bertz CT molecular complexity index is 572. The molecule has 142 valence electrons. The second-order valence-electron chi connectivity index (χ2n) is 4.97. The lowest BCUT2D eigenvalue weighted by Gasteiger charge is -2.15. The van der Waals surface area contributed by atoms with Crippen molar-refractivity contribution >= 4 is 25.1 Å². The quantitative estimate of drug-likeness (QED) is 0.170. The molecule has 0 unspecified atom stereocenters. The lowest BCUT2D eigenvalue weighted by Crippen LogP contribution is -2.19. The molecular formula is C19H29N5O2. The average Bonchev–Trinajstić information content (AvgIpc) is 2.67. The highest BCUT2D eigenvalue weighted by atomic mass is 16.1. The van der Waals surface area contributed by atoms with Crippen molar-refractivity contribution < 1.29 is 9.59 Å². The van der Waals surface area contributed by atoms with Gasteiger partial charge in [-0.1, -0.05) is 12.7 Å². The van der Waals surface area contributed by atoms with Crippen molar-refractivity contribution in [2.45, 2.75) is 27.2 Å². The molecule has 0 heterocycles. The van der Waals surface area contributed by atoms with Crippen molar-refractivity contribution in [1.82, 2.24) is 15.3 Å². The van der Waals surface area contributed by atoms with E-state index in [4.69, 9.17) is 0 Å². The zero-order chi connectivity index (χ0) is 19.6. The maximum Gasteiger partial charge on any atom is 0.211 e. The highest BCUT2D eigenvalue weighted by Gasteiger charge is 1.97. The van der Waals surface area contributed by atoms with Crippen molar-refractivity contribution in [2.24, 2.45) is 10.2 Å². The van der Waals surface area contributed by atoms with Gasteiger partial charge >= 0.3 is 0 Å². The maximum atomic E-state index is 10.6. The summed E-state index contributed by atoms with van der Waals surface area (Å²) in [6.07, 6.45) is 13.6. The van der Waals surface area contributed by atoms with Crippen LogP contribution in [0, 0.1) is 0 Å². The smallest absolute Gasteiger partial charge is 0.211 e. The van der Waals surface area contributed by atoms with Crippen molar-refractivity contribution in [3.05, 3.63) is 48.4 Å². The molecule has 0 aliphatic rings. The topological polar surface area (TPSA) is 77.4 Å². The summed E-state index contributed by atoms with van der Waals surface area (Å²) in [5, 5.41) is 14.8. The second-order valence-corrected chi connectivity index (χ2v) is 4.97. The second kappa shape index (κ2) is 15.6. The van der Waals surface area contributed by atoms with Gasteiger partial charge < -0.3 is 5.32 Å². The van der Waals surface area contributed by atoms with Crippen LogP contribution < -0.4 is 5.32 Å². The van der Waals surface area contributed by atoms with E-state index in [1.165, 1.54) is 6.08 Å². The highest BCUT2D eigenvalue weighted by Crippen LogP contribution is 2.05. The molecule has 7 nitrogen and oxygen atoms in total. The summed E-state index contributed by atoms with van der Waals surface area (Å²) < 4.78 is 0. The van der Waals surface area contributed by atoms with Gasteiger partial charge in [-0.25, -0.2) is 0 Å². The summed E-state index contributed by atoms with van der Waals surface area (Å²) >= 11 is 0. The fourth-order valence-electron chi connectivity index (χ4n) is 1.84. The first-order chi connectivity index (χ1) is 12.6. The Hall–Kier alpha value is -2.96. The van der Waals surface area contributed by atoms with Gasteiger partial charge in [0.2, 0.25) is 6.41 Å². The van der Waals surface area contributed by atoms with Gasteiger partial charge in [0, 0.05) is 43.8 Å². The number of carbonyl (C=O) groups is 2. The molecule has 1 amide bonds. The Morgan fingerprint density at radius 1 is 1.15 bits per heavy atom. The largest absolute Gasteiger partial charge is 0.329 e. The number of hydrazone groups is 2. The van der Waals surface area contributed by atoms with Crippen LogP contribution in [0.1, 0.15) is 27.2 Å². The summed E-state index contributed by atoms with van der Waals surface area (Å²) in [5.74, 6) is 0. The van der Waals surface area contributed by atoms with Crippen LogP contribution in [0.15, 0.2) is 58.6 Å². The Morgan fingerprint density at radius 3 is 2.42 bits per heavy atom. The van der Waals surface area contributed by atoms with Gasteiger partial charge in [0.05, 0.1) is 6.54 Å². The molecule has 1 N–H and O–H groups in total. The van der Waals surface area contributed by atoms with Gasteiger partial charge in [0.1, 0.15) is 6.29 Å². The zero-order valence-electron chi connectivity index (χ0n) is 15.8. The lowest BCUT2D eigenvalue weighted by atomic mass is 10.1. The van der Waals surface area contributed by atoms with Crippen LogP contribution in [0.5, 0.6) is 0 Å². The molecule has 0 rings (SSSR count). The third kappa shape index (κ3) is 10.7. The molecule has 0 aromatic carbocycles. The van der Waals surface area contributed by atoms with Crippen molar-refractivity contribution in [2.75, 3.05) is 19.6 Å². The molecule has 0 aromatic rings. The predicted molar refractivity (Wildman–Crippen MR) is 108 cm³/mol. The molecule has 0 saturated heterocycles. The number of carbonyl (C=O) groups excluding carboxylic acids is 2. The Balaban J connectivity index is 4.93.